The number of hydrogen-bond acceptors (Lipinski definition) is 3. The van der Waals surface area contributed by atoms with Crippen molar-refractivity contribution < 1.29 is 4.39 Å². The summed E-state index contributed by atoms with van der Waals surface area (Å²) >= 11 is 0. The summed E-state index contributed by atoms with van der Waals surface area (Å²) in [4.78, 5) is 2.62. The van der Waals surface area contributed by atoms with Gasteiger partial charge in [0, 0.05) is 23.7 Å². The maximum absolute atomic E-state index is 15.7. The molecule has 4 rings (SSSR count). The lowest BCUT2D eigenvalue weighted by Gasteiger charge is -2.58. The molecule has 35 heavy (non-hydrogen) atoms. The van der Waals surface area contributed by atoms with E-state index in [0.29, 0.717) is 12.1 Å². The normalized spacial score (nSPS) is 22.6. The van der Waals surface area contributed by atoms with Gasteiger partial charge in [-0.25, -0.2) is 9.40 Å². The number of hydrazine groups is 1. The number of aryl methyl sites for hydroxylation is 1. The van der Waals surface area contributed by atoms with Gasteiger partial charge in [-0.1, -0.05) is 31.7 Å². The lowest BCUT2D eigenvalue weighted by atomic mass is 9.68. The van der Waals surface area contributed by atoms with E-state index in [2.05, 4.69) is 68.9 Å². The molecular formula is C31H46FN3. The van der Waals surface area contributed by atoms with E-state index in [-0.39, 0.29) is 11.4 Å². The van der Waals surface area contributed by atoms with Gasteiger partial charge in [-0.15, -0.1) is 0 Å². The van der Waals surface area contributed by atoms with E-state index in [4.69, 9.17) is 0 Å². The summed E-state index contributed by atoms with van der Waals surface area (Å²) in [5.41, 5.74) is 7.49. The number of piperidine rings is 1. The standard InChI is InChI=1S/C31H46FN3/c1-22(2)28-24(4)31(17-12-18-31)33(8)35(25(28)5)21-27-15-14-26(23(3)29(27)32)13-11-20-34-19-10-9-16-30(34,6)7/h14-15H,1,5,9-13,16-21H2,2-4,6-8H3. The number of rotatable bonds is 7. The van der Waals surface area contributed by atoms with Crippen LogP contribution in [0.2, 0.25) is 0 Å². The van der Waals surface area contributed by atoms with Crippen LogP contribution in [0.3, 0.4) is 0 Å². The fourth-order valence-corrected chi connectivity index (χ4v) is 6.74. The van der Waals surface area contributed by atoms with E-state index >= 15 is 4.39 Å². The Bertz CT molecular complexity index is 1030. The van der Waals surface area contributed by atoms with Gasteiger partial charge in [-0.2, -0.15) is 0 Å². The van der Waals surface area contributed by atoms with Crippen molar-refractivity contribution in [3.8, 4) is 0 Å². The highest BCUT2D eigenvalue weighted by molar-refractivity contribution is 5.51. The molecule has 3 nitrogen and oxygen atoms in total. The van der Waals surface area contributed by atoms with Gasteiger partial charge in [-0.3, -0.25) is 4.90 Å². The van der Waals surface area contributed by atoms with Crippen molar-refractivity contribution in [1.29, 1.82) is 0 Å². The van der Waals surface area contributed by atoms with Crippen LogP contribution in [0.5, 0.6) is 0 Å². The molecule has 0 aromatic heterocycles. The largest absolute Gasteiger partial charge is 0.301 e. The molecule has 1 aliphatic carbocycles. The molecule has 4 heteroatoms. The van der Waals surface area contributed by atoms with Crippen molar-refractivity contribution in [3.63, 3.8) is 0 Å². The molecule has 0 N–H and O–H groups in total. The molecule has 1 saturated carbocycles. The highest BCUT2D eigenvalue weighted by Gasteiger charge is 2.49. The number of nitrogens with zero attached hydrogens (tertiary/aromatic N) is 3. The molecule has 3 aliphatic rings. The molecule has 2 heterocycles. The number of hydrogen-bond donors (Lipinski definition) is 0. The number of halogens is 1. The van der Waals surface area contributed by atoms with Gasteiger partial charge in [-0.05, 0) is 115 Å². The van der Waals surface area contributed by atoms with Crippen molar-refractivity contribution in [3.05, 3.63) is 70.2 Å². The van der Waals surface area contributed by atoms with E-state index in [1.807, 2.05) is 13.0 Å². The van der Waals surface area contributed by atoms with Crippen molar-refractivity contribution in [1.82, 2.24) is 14.9 Å². The van der Waals surface area contributed by atoms with Gasteiger partial charge in [0.1, 0.15) is 5.82 Å². The second-order valence-electron chi connectivity index (χ2n) is 11.9. The van der Waals surface area contributed by atoms with Gasteiger partial charge in [0.15, 0.2) is 0 Å². The first kappa shape index (κ1) is 26.2. The van der Waals surface area contributed by atoms with Gasteiger partial charge >= 0.3 is 0 Å². The molecule has 2 fully saturated rings. The fourth-order valence-electron chi connectivity index (χ4n) is 6.74. The Balaban J connectivity index is 1.49. The Morgan fingerprint density at radius 3 is 2.34 bits per heavy atom. The number of likely N-dealkylation sites (tertiary alicyclic amines) is 1. The van der Waals surface area contributed by atoms with Crippen LogP contribution in [0.15, 0.2) is 47.7 Å². The van der Waals surface area contributed by atoms with Crippen LogP contribution >= 0.6 is 0 Å². The lowest BCUT2D eigenvalue weighted by molar-refractivity contribution is -0.0962. The van der Waals surface area contributed by atoms with Gasteiger partial charge < -0.3 is 5.01 Å². The minimum absolute atomic E-state index is 0.0170. The minimum atomic E-state index is -0.0622. The minimum Gasteiger partial charge on any atom is -0.301 e. The summed E-state index contributed by atoms with van der Waals surface area (Å²) < 4.78 is 15.7. The molecule has 1 spiro atoms. The second-order valence-corrected chi connectivity index (χ2v) is 11.9. The van der Waals surface area contributed by atoms with E-state index in [9.17, 15) is 0 Å². The smallest absolute Gasteiger partial charge is 0.131 e. The van der Waals surface area contributed by atoms with Crippen molar-refractivity contribution in [2.45, 2.75) is 104 Å². The average molecular weight is 480 g/mol. The molecule has 2 aliphatic heterocycles. The Morgan fingerprint density at radius 1 is 1.06 bits per heavy atom. The summed E-state index contributed by atoms with van der Waals surface area (Å²) in [5.74, 6) is -0.0622. The second kappa shape index (κ2) is 9.86. The molecule has 0 unspecified atom stereocenters. The van der Waals surface area contributed by atoms with Gasteiger partial charge in [0.05, 0.1) is 17.8 Å². The first-order valence-corrected chi connectivity index (χ1v) is 13.6. The topological polar surface area (TPSA) is 9.72 Å². The van der Waals surface area contributed by atoms with Crippen molar-refractivity contribution in [2.75, 3.05) is 20.1 Å². The maximum atomic E-state index is 15.7. The SMILES string of the molecule is C=C(C)C1=C(C)C2(CCC2)N(C)N(Cc2ccc(CCCN3CCCCC3(C)C)c(C)c2F)C1=C. The molecule has 192 valence electrons. The van der Waals surface area contributed by atoms with Crippen LogP contribution in [-0.4, -0.2) is 46.1 Å². The van der Waals surface area contributed by atoms with E-state index < -0.39 is 0 Å². The van der Waals surface area contributed by atoms with Crippen LogP contribution in [-0.2, 0) is 13.0 Å². The van der Waals surface area contributed by atoms with Crippen LogP contribution < -0.4 is 0 Å². The zero-order valence-electron chi connectivity index (χ0n) is 23.1. The summed E-state index contributed by atoms with van der Waals surface area (Å²) in [6.07, 6.45) is 9.38. The molecule has 0 atom stereocenters. The fraction of sp³-hybridized carbons (Fsp3) is 0.613. The molecule has 0 amide bonds. The van der Waals surface area contributed by atoms with Gasteiger partial charge in [0.25, 0.3) is 0 Å². The third-order valence-electron chi connectivity index (χ3n) is 9.36. The molecule has 1 aromatic carbocycles. The molecule has 0 radical (unpaired) electrons. The Hall–Kier alpha value is -1.91. The summed E-state index contributed by atoms with van der Waals surface area (Å²) in [6, 6.07) is 4.16. The van der Waals surface area contributed by atoms with Crippen LogP contribution in [0, 0.1) is 12.7 Å². The van der Waals surface area contributed by atoms with Crippen molar-refractivity contribution in [2.24, 2.45) is 0 Å². The third kappa shape index (κ3) is 4.64. The van der Waals surface area contributed by atoms with Crippen LogP contribution in [0.4, 0.5) is 4.39 Å². The predicted molar refractivity (Wildman–Crippen MR) is 146 cm³/mol. The number of allylic oxidation sites excluding steroid dienone is 1. The highest BCUT2D eigenvalue weighted by atomic mass is 19.1. The molecule has 1 saturated heterocycles. The van der Waals surface area contributed by atoms with E-state index in [0.717, 1.165) is 65.8 Å². The van der Waals surface area contributed by atoms with Crippen molar-refractivity contribution >= 4 is 0 Å². The van der Waals surface area contributed by atoms with Crippen LogP contribution in [0.25, 0.3) is 0 Å². The number of likely N-dealkylation sites (N-methyl/N-ethyl adjacent to an activating group) is 1. The van der Waals surface area contributed by atoms with E-state index in [1.54, 1.807) is 0 Å². The third-order valence-corrected chi connectivity index (χ3v) is 9.36. The molecular weight excluding hydrogens is 433 g/mol. The molecule has 0 bridgehead atoms. The van der Waals surface area contributed by atoms with E-state index in [1.165, 1.54) is 37.8 Å². The predicted octanol–water partition coefficient (Wildman–Crippen LogP) is 7.32. The first-order chi connectivity index (χ1) is 16.5. The van der Waals surface area contributed by atoms with Gasteiger partial charge in [0.2, 0.25) is 0 Å². The summed E-state index contributed by atoms with van der Waals surface area (Å²) in [5, 5.41) is 4.51. The quantitative estimate of drug-likeness (QED) is 0.405. The zero-order valence-corrected chi connectivity index (χ0v) is 23.1. The highest BCUT2D eigenvalue weighted by Crippen LogP contribution is 2.50. The summed E-state index contributed by atoms with van der Waals surface area (Å²) in [7, 11) is 2.14. The monoisotopic (exact) mass is 479 g/mol. The summed E-state index contributed by atoms with van der Waals surface area (Å²) in [6.45, 7) is 22.4. The Labute approximate surface area is 213 Å². The molecule has 1 aromatic rings. The maximum Gasteiger partial charge on any atom is 0.131 e. The van der Waals surface area contributed by atoms with Crippen LogP contribution in [0.1, 0.15) is 89.3 Å². The number of benzene rings is 1. The zero-order chi connectivity index (χ0) is 25.5. The Kier molecular flexibility index (Phi) is 7.37. The first-order valence-electron chi connectivity index (χ1n) is 13.6. The lowest BCUT2D eigenvalue weighted by Crippen LogP contribution is -2.62. The average Bonchev–Trinajstić information content (AvgIpc) is 2.75. The Morgan fingerprint density at radius 2 is 1.74 bits per heavy atom.